The molecule has 2 heterocycles. The fourth-order valence-electron chi connectivity index (χ4n) is 2.66. The first kappa shape index (κ1) is 17.0. The Balaban J connectivity index is 1.68. The molecule has 8 nitrogen and oxygen atoms in total. The SMILES string of the molecule is Cc1ccc(Nc2nc(N)nc(Cn3c(=O)oc4ccc(Cl)cc43)n2)cc1. The maximum absolute atomic E-state index is 12.2. The molecule has 136 valence electrons. The Kier molecular flexibility index (Phi) is 4.25. The summed E-state index contributed by atoms with van der Waals surface area (Å²) in [6.07, 6.45) is 0. The Labute approximate surface area is 158 Å². The van der Waals surface area contributed by atoms with E-state index in [1.54, 1.807) is 18.2 Å². The van der Waals surface area contributed by atoms with Crippen molar-refractivity contribution in [1.29, 1.82) is 0 Å². The first-order chi connectivity index (χ1) is 13.0. The van der Waals surface area contributed by atoms with Gasteiger partial charge < -0.3 is 15.5 Å². The molecule has 4 aromatic rings. The second-order valence-electron chi connectivity index (χ2n) is 5.99. The van der Waals surface area contributed by atoms with Crippen LogP contribution in [0.4, 0.5) is 17.6 Å². The zero-order valence-corrected chi connectivity index (χ0v) is 15.1. The maximum Gasteiger partial charge on any atom is 0.420 e. The Morgan fingerprint density at radius 2 is 1.93 bits per heavy atom. The van der Waals surface area contributed by atoms with Crippen molar-refractivity contribution < 1.29 is 4.42 Å². The number of nitrogens with one attached hydrogen (secondary N) is 1. The van der Waals surface area contributed by atoms with Crippen LogP contribution in [0.2, 0.25) is 5.02 Å². The number of nitrogens with zero attached hydrogens (tertiary/aromatic N) is 4. The van der Waals surface area contributed by atoms with E-state index in [-0.39, 0.29) is 12.5 Å². The van der Waals surface area contributed by atoms with Gasteiger partial charge in [-0.3, -0.25) is 4.57 Å². The fourth-order valence-corrected chi connectivity index (χ4v) is 2.82. The minimum Gasteiger partial charge on any atom is -0.408 e. The van der Waals surface area contributed by atoms with Crippen molar-refractivity contribution in [2.75, 3.05) is 11.1 Å². The lowest BCUT2D eigenvalue weighted by atomic mass is 10.2. The van der Waals surface area contributed by atoms with E-state index in [1.165, 1.54) is 4.57 Å². The van der Waals surface area contributed by atoms with Crippen molar-refractivity contribution in [3.05, 3.63) is 69.4 Å². The molecule has 0 saturated carbocycles. The summed E-state index contributed by atoms with van der Waals surface area (Å²) in [6, 6.07) is 12.7. The summed E-state index contributed by atoms with van der Waals surface area (Å²) in [4.78, 5) is 24.7. The molecule has 0 aliphatic heterocycles. The molecule has 0 aliphatic rings. The molecular weight excluding hydrogens is 368 g/mol. The Hall–Kier alpha value is -3.39. The van der Waals surface area contributed by atoms with Crippen LogP contribution in [0.15, 0.2) is 51.7 Å². The topological polar surface area (TPSA) is 112 Å². The summed E-state index contributed by atoms with van der Waals surface area (Å²) in [7, 11) is 0. The summed E-state index contributed by atoms with van der Waals surface area (Å²) in [6.45, 7) is 2.07. The van der Waals surface area contributed by atoms with Crippen molar-refractivity contribution in [2.45, 2.75) is 13.5 Å². The molecule has 0 amide bonds. The van der Waals surface area contributed by atoms with Gasteiger partial charge in [-0.05, 0) is 37.3 Å². The number of aryl methyl sites for hydroxylation is 1. The highest BCUT2D eigenvalue weighted by atomic mass is 35.5. The van der Waals surface area contributed by atoms with E-state index in [2.05, 4.69) is 20.3 Å². The number of halogens is 1. The summed E-state index contributed by atoms with van der Waals surface area (Å²) < 4.78 is 6.62. The van der Waals surface area contributed by atoms with Gasteiger partial charge in [-0.25, -0.2) is 4.79 Å². The molecule has 0 bridgehead atoms. The Morgan fingerprint density at radius 3 is 2.70 bits per heavy atom. The summed E-state index contributed by atoms with van der Waals surface area (Å²) >= 11 is 6.03. The van der Waals surface area contributed by atoms with Crippen LogP contribution in [0.3, 0.4) is 0 Å². The molecular formula is C18H15ClN6O2. The number of anilines is 3. The molecule has 2 aromatic heterocycles. The third-order valence-electron chi connectivity index (χ3n) is 3.94. The highest BCUT2D eigenvalue weighted by Crippen LogP contribution is 2.19. The summed E-state index contributed by atoms with van der Waals surface area (Å²) in [5.41, 5.74) is 8.75. The van der Waals surface area contributed by atoms with E-state index in [0.29, 0.717) is 27.9 Å². The second kappa shape index (κ2) is 6.73. The number of hydrogen-bond acceptors (Lipinski definition) is 7. The van der Waals surface area contributed by atoms with Gasteiger partial charge in [-0.2, -0.15) is 15.0 Å². The first-order valence-corrected chi connectivity index (χ1v) is 8.49. The summed E-state index contributed by atoms with van der Waals surface area (Å²) in [5.74, 6) is 0.134. The smallest absolute Gasteiger partial charge is 0.408 e. The molecule has 9 heteroatoms. The van der Waals surface area contributed by atoms with Crippen LogP contribution in [0.5, 0.6) is 0 Å². The molecule has 0 aliphatic carbocycles. The van der Waals surface area contributed by atoms with Gasteiger partial charge in [0, 0.05) is 10.7 Å². The molecule has 0 spiro atoms. The van der Waals surface area contributed by atoms with Crippen LogP contribution in [0, 0.1) is 6.92 Å². The van der Waals surface area contributed by atoms with Crippen LogP contribution in [-0.2, 0) is 6.54 Å². The van der Waals surface area contributed by atoms with Gasteiger partial charge in [0.05, 0.1) is 12.1 Å². The number of nitrogens with two attached hydrogens (primary N) is 1. The van der Waals surface area contributed by atoms with E-state index in [1.807, 2.05) is 31.2 Å². The third-order valence-corrected chi connectivity index (χ3v) is 4.17. The van der Waals surface area contributed by atoms with E-state index >= 15 is 0 Å². The zero-order chi connectivity index (χ0) is 19.0. The minimum atomic E-state index is -0.528. The average Bonchev–Trinajstić information content (AvgIpc) is 2.92. The summed E-state index contributed by atoms with van der Waals surface area (Å²) in [5, 5.41) is 3.57. The van der Waals surface area contributed by atoms with Crippen LogP contribution in [-0.4, -0.2) is 19.5 Å². The quantitative estimate of drug-likeness (QED) is 0.557. The standard InChI is InChI=1S/C18H15ClN6O2/c1-10-2-5-12(6-3-10)21-17-23-15(22-16(20)24-17)9-25-13-8-11(19)4-7-14(13)27-18(25)26/h2-8H,9H2,1H3,(H3,20,21,22,23,24). The lowest BCUT2D eigenvalue weighted by Crippen LogP contribution is -2.18. The predicted molar refractivity (Wildman–Crippen MR) is 103 cm³/mol. The molecule has 0 radical (unpaired) electrons. The number of fused-ring (bicyclic) bond motifs is 1. The maximum atomic E-state index is 12.2. The molecule has 0 unspecified atom stereocenters. The van der Waals surface area contributed by atoms with Gasteiger partial charge in [-0.1, -0.05) is 29.3 Å². The molecule has 0 atom stereocenters. The Morgan fingerprint density at radius 1 is 1.15 bits per heavy atom. The molecule has 27 heavy (non-hydrogen) atoms. The van der Waals surface area contributed by atoms with Crippen LogP contribution >= 0.6 is 11.6 Å². The Bertz CT molecular complexity index is 1180. The number of nitrogen functional groups attached to an aromatic ring is 1. The number of aromatic nitrogens is 4. The number of benzene rings is 2. The number of hydrogen-bond donors (Lipinski definition) is 2. The van der Waals surface area contributed by atoms with E-state index < -0.39 is 5.76 Å². The van der Waals surface area contributed by atoms with Crippen LogP contribution in [0.25, 0.3) is 11.1 Å². The molecule has 0 saturated heterocycles. The second-order valence-corrected chi connectivity index (χ2v) is 6.43. The van der Waals surface area contributed by atoms with Gasteiger partial charge in [0.2, 0.25) is 11.9 Å². The normalized spacial score (nSPS) is 11.0. The highest BCUT2D eigenvalue weighted by molar-refractivity contribution is 6.31. The van der Waals surface area contributed by atoms with Crippen LogP contribution in [0.1, 0.15) is 11.4 Å². The van der Waals surface area contributed by atoms with E-state index in [4.69, 9.17) is 21.8 Å². The molecule has 2 aromatic carbocycles. The predicted octanol–water partition coefficient (Wildman–Crippen LogP) is 3.12. The van der Waals surface area contributed by atoms with E-state index in [0.717, 1.165) is 11.3 Å². The van der Waals surface area contributed by atoms with Gasteiger partial charge in [0.1, 0.15) is 0 Å². The van der Waals surface area contributed by atoms with Crippen molar-refractivity contribution in [3.63, 3.8) is 0 Å². The van der Waals surface area contributed by atoms with Gasteiger partial charge >= 0.3 is 5.76 Å². The third kappa shape index (κ3) is 3.61. The number of oxazole rings is 1. The first-order valence-electron chi connectivity index (χ1n) is 8.11. The monoisotopic (exact) mass is 382 g/mol. The molecule has 0 fully saturated rings. The minimum absolute atomic E-state index is 0.0495. The van der Waals surface area contributed by atoms with Crippen molar-refractivity contribution >= 4 is 40.3 Å². The highest BCUT2D eigenvalue weighted by Gasteiger charge is 2.13. The van der Waals surface area contributed by atoms with Gasteiger partial charge in [0.15, 0.2) is 11.4 Å². The van der Waals surface area contributed by atoms with Gasteiger partial charge in [0.25, 0.3) is 0 Å². The lowest BCUT2D eigenvalue weighted by Gasteiger charge is -2.08. The zero-order valence-electron chi connectivity index (χ0n) is 14.3. The van der Waals surface area contributed by atoms with Crippen LogP contribution < -0.4 is 16.8 Å². The van der Waals surface area contributed by atoms with Gasteiger partial charge in [-0.15, -0.1) is 0 Å². The average molecular weight is 383 g/mol. The van der Waals surface area contributed by atoms with Crippen molar-refractivity contribution in [1.82, 2.24) is 19.5 Å². The lowest BCUT2D eigenvalue weighted by molar-refractivity contribution is 0.514. The van der Waals surface area contributed by atoms with E-state index in [9.17, 15) is 4.79 Å². The fraction of sp³-hybridized carbons (Fsp3) is 0.111. The molecule has 3 N–H and O–H groups in total. The number of rotatable bonds is 4. The molecule has 4 rings (SSSR count). The van der Waals surface area contributed by atoms with Crippen molar-refractivity contribution in [3.8, 4) is 0 Å². The largest absolute Gasteiger partial charge is 0.420 e. The van der Waals surface area contributed by atoms with Crippen molar-refractivity contribution in [2.24, 2.45) is 0 Å².